The third-order valence-electron chi connectivity index (χ3n) is 2.76. The van der Waals surface area contributed by atoms with Gasteiger partial charge in [0.15, 0.2) is 0 Å². The Labute approximate surface area is 95.2 Å². The van der Waals surface area contributed by atoms with Crippen molar-refractivity contribution in [2.24, 2.45) is 0 Å². The number of rotatable bonds is 4. The minimum atomic E-state index is -0.873. The van der Waals surface area contributed by atoms with E-state index >= 15 is 0 Å². The van der Waals surface area contributed by atoms with E-state index in [4.69, 9.17) is 4.74 Å². The summed E-state index contributed by atoms with van der Waals surface area (Å²) in [5.74, 6) is -0.218. The maximum Gasteiger partial charge on any atom is 0.256 e. The number of carbonyl (C=O) groups excluding carboxylic acids is 1. The number of para-hydroxylation sites is 2. The van der Waals surface area contributed by atoms with Gasteiger partial charge in [-0.15, -0.1) is 0 Å². The summed E-state index contributed by atoms with van der Waals surface area (Å²) in [5.41, 5.74) is -0.480. The van der Waals surface area contributed by atoms with Gasteiger partial charge in [-0.25, -0.2) is 0 Å². The quantitative estimate of drug-likeness (QED) is 0.769. The zero-order chi connectivity index (χ0) is 12.2. The van der Waals surface area contributed by atoms with Crippen LogP contribution in [0.5, 0.6) is 5.75 Å². The molecule has 0 aliphatic heterocycles. The number of benzene rings is 1. The SMILES string of the molecule is CCC(C)(OC)C(=O)Nc1ccccc1O. The molecule has 0 saturated carbocycles. The smallest absolute Gasteiger partial charge is 0.256 e. The van der Waals surface area contributed by atoms with Crippen LogP contribution in [-0.2, 0) is 9.53 Å². The van der Waals surface area contributed by atoms with E-state index < -0.39 is 5.60 Å². The summed E-state index contributed by atoms with van der Waals surface area (Å²) in [4.78, 5) is 11.9. The molecular formula is C12H17NO3. The summed E-state index contributed by atoms with van der Waals surface area (Å²) in [6, 6.07) is 6.59. The van der Waals surface area contributed by atoms with Crippen LogP contribution in [0.15, 0.2) is 24.3 Å². The van der Waals surface area contributed by atoms with Gasteiger partial charge in [0, 0.05) is 7.11 Å². The van der Waals surface area contributed by atoms with Crippen molar-refractivity contribution in [1.29, 1.82) is 0 Å². The molecule has 0 bridgehead atoms. The number of carbonyl (C=O) groups is 1. The summed E-state index contributed by atoms with van der Waals surface area (Å²) in [5, 5.41) is 12.2. The van der Waals surface area contributed by atoms with Crippen molar-refractivity contribution in [3.63, 3.8) is 0 Å². The number of anilines is 1. The molecule has 0 fully saturated rings. The molecule has 0 heterocycles. The second kappa shape index (κ2) is 4.99. The van der Waals surface area contributed by atoms with Crippen molar-refractivity contribution < 1.29 is 14.6 Å². The number of aromatic hydroxyl groups is 1. The fraction of sp³-hybridized carbons (Fsp3) is 0.417. The maximum atomic E-state index is 11.9. The van der Waals surface area contributed by atoms with Crippen molar-refractivity contribution in [2.75, 3.05) is 12.4 Å². The molecule has 4 nitrogen and oxygen atoms in total. The highest BCUT2D eigenvalue weighted by Crippen LogP contribution is 2.24. The van der Waals surface area contributed by atoms with E-state index in [0.717, 1.165) is 0 Å². The summed E-state index contributed by atoms with van der Waals surface area (Å²) in [6.07, 6.45) is 0.558. The van der Waals surface area contributed by atoms with Crippen LogP contribution in [0.1, 0.15) is 20.3 Å². The molecule has 1 rings (SSSR count). The predicted molar refractivity (Wildman–Crippen MR) is 62.4 cm³/mol. The highest BCUT2D eigenvalue weighted by molar-refractivity contribution is 5.98. The fourth-order valence-electron chi connectivity index (χ4n) is 1.23. The Hall–Kier alpha value is -1.55. The lowest BCUT2D eigenvalue weighted by Crippen LogP contribution is -2.41. The predicted octanol–water partition coefficient (Wildman–Crippen LogP) is 2.15. The number of methoxy groups -OCH3 is 1. The van der Waals surface area contributed by atoms with Crippen molar-refractivity contribution >= 4 is 11.6 Å². The number of phenolic OH excluding ortho intramolecular Hbond substituents is 1. The summed E-state index contributed by atoms with van der Waals surface area (Å²) in [6.45, 7) is 3.58. The number of amides is 1. The Morgan fingerprint density at radius 1 is 1.50 bits per heavy atom. The van der Waals surface area contributed by atoms with Crippen LogP contribution in [0.4, 0.5) is 5.69 Å². The molecule has 1 aromatic carbocycles. The third kappa shape index (κ3) is 2.52. The monoisotopic (exact) mass is 223 g/mol. The van der Waals surface area contributed by atoms with Crippen LogP contribution in [0, 0.1) is 0 Å². The molecule has 1 aromatic rings. The van der Waals surface area contributed by atoms with Crippen molar-refractivity contribution in [2.45, 2.75) is 25.9 Å². The molecule has 16 heavy (non-hydrogen) atoms. The number of phenols is 1. The molecule has 1 unspecified atom stereocenters. The zero-order valence-electron chi connectivity index (χ0n) is 9.78. The van der Waals surface area contributed by atoms with E-state index in [-0.39, 0.29) is 11.7 Å². The molecule has 88 valence electrons. The van der Waals surface area contributed by atoms with Crippen LogP contribution in [-0.4, -0.2) is 23.7 Å². The molecule has 1 amide bonds. The van der Waals surface area contributed by atoms with Crippen molar-refractivity contribution in [3.8, 4) is 5.75 Å². The highest BCUT2D eigenvalue weighted by atomic mass is 16.5. The molecule has 2 N–H and O–H groups in total. The molecular weight excluding hydrogens is 206 g/mol. The summed E-state index contributed by atoms with van der Waals surface area (Å²) >= 11 is 0. The molecule has 0 radical (unpaired) electrons. The first kappa shape index (κ1) is 12.5. The fourth-order valence-corrected chi connectivity index (χ4v) is 1.23. The average molecular weight is 223 g/mol. The van der Waals surface area contributed by atoms with Gasteiger partial charge in [0.05, 0.1) is 5.69 Å². The Bertz CT molecular complexity index is 372. The Balaban J connectivity index is 2.83. The molecule has 4 heteroatoms. The molecule has 0 aliphatic rings. The molecule has 0 aromatic heterocycles. The first-order valence-corrected chi connectivity index (χ1v) is 5.18. The van der Waals surface area contributed by atoms with Gasteiger partial charge in [0.25, 0.3) is 5.91 Å². The average Bonchev–Trinajstić information content (AvgIpc) is 2.31. The van der Waals surface area contributed by atoms with Crippen LogP contribution < -0.4 is 5.32 Å². The van der Waals surface area contributed by atoms with Gasteiger partial charge < -0.3 is 15.2 Å². The molecule has 1 atom stereocenters. The van der Waals surface area contributed by atoms with E-state index in [9.17, 15) is 9.90 Å². The Kier molecular flexibility index (Phi) is 3.90. The van der Waals surface area contributed by atoms with Crippen LogP contribution in [0.3, 0.4) is 0 Å². The summed E-state index contributed by atoms with van der Waals surface area (Å²) < 4.78 is 5.17. The second-order valence-corrected chi connectivity index (χ2v) is 3.76. The maximum absolute atomic E-state index is 11.9. The van der Waals surface area contributed by atoms with Gasteiger partial charge in [-0.05, 0) is 25.5 Å². The van der Waals surface area contributed by atoms with Gasteiger partial charge in [-0.1, -0.05) is 19.1 Å². The lowest BCUT2D eigenvalue weighted by atomic mass is 10.0. The first-order valence-electron chi connectivity index (χ1n) is 5.18. The molecule has 0 aliphatic carbocycles. The topological polar surface area (TPSA) is 58.6 Å². The van der Waals surface area contributed by atoms with Crippen LogP contribution in [0.25, 0.3) is 0 Å². The normalized spacial score (nSPS) is 14.2. The van der Waals surface area contributed by atoms with E-state index in [1.807, 2.05) is 6.92 Å². The highest BCUT2D eigenvalue weighted by Gasteiger charge is 2.31. The van der Waals surface area contributed by atoms with E-state index in [1.54, 1.807) is 25.1 Å². The lowest BCUT2D eigenvalue weighted by molar-refractivity contribution is -0.136. The minimum Gasteiger partial charge on any atom is -0.506 e. The number of hydrogen-bond donors (Lipinski definition) is 2. The molecule has 0 spiro atoms. The number of hydrogen-bond acceptors (Lipinski definition) is 3. The third-order valence-corrected chi connectivity index (χ3v) is 2.76. The van der Waals surface area contributed by atoms with Gasteiger partial charge in [-0.3, -0.25) is 4.79 Å². The second-order valence-electron chi connectivity index (χ2n) is 3.76. The van der Waals surface area contributed by atoms with E-state index in [1.165, 1.54) is 13.2 Å². The summed E-state index contributed by atoms with van der Waals surface area (Å²) in [7, 11) is 1.49. The van der Waals surface area contributed by atoms with Crippen molar-refractivity contribution in [1.82, 2.24) is 0 Å². The standard InChI is InChI=1S/C12H17NO3/c1-4-12(2,16-3)11(15)13-9-7-5-6-8-10(9)14/h5-8,14H,4H2,1-3H3,(H,13,15). The van der Waals surface area contributed by atoms with Gasteiger partial charge in [0.2, 0.25) is 0 Å². The Morgan fingerprint density at radius 2 is 2.12 bits per heavy atom. The Morgan fingerprint density at radius 3 is 2.62 bits per heavy atom. The zero-order valence-corrected chi connectivity index (χ0v) is 9.78. The number of ether oxygens (including phenoxy) is 1. The van der Waals surface area contributed by atoms with E-state index in [2.05, 4.69) is 5.32 Å². The van der Waals surface area contributed by atoms with Gasteiger partial charge in [0.1, 0.15) is 11.4 Å². The lowest BCUT2D eigenvalue weighted by Gasteiger charge is -2.25. The van der Waals surface area contributed by atoms with E-state index in [0.29, 0.717) is 12.1 Å². The van der Waals surface area contributed by atoms with Crippen LogP contribution in [0.2, 0.25) is 0 Å². The van der Waals surface area contributed by atoms with Gasteiger partial charge in [-0.2, -0.15) is 0 Å². The molecule has 0 saturated heterocycles. The van der Waals surface area contributed by atoms with Gasteiger partial charge >= 0.3 is 0 Å². The van der Waals surface area contributed by atoms with Crippen molar-refractivity contribution in [3.05, 3.63) is 24.3 Å². The number of nitrogens with one attached hydrogen (secondary N) is 1. The van der Waals surface area contributed by atoms with Crippen LogP contribution >= 0.6 is 0 Å². The first-order chi connectivity index (χ1) is 7.53. The minimum absolute atomic E-state index is 0.0467. The largest absolute Gasteiger partial charge is 0.506 e.